The quantitative estimate of drug-likeness (QED) is 0.676. The summed E-state index contributed by atoms with van der Waals surface area (Å²) < 4.78 is 6.69. The molecule has 8 nitrogen and oxygen atoms in total. The van der Waals surface area contributed by atoms with Gasteiger partial charge in [0, 0.05) is 18.8 Å². The average Bonchev–Trinajstić information content (AvgIpc) is 3.24. The van der Waals surface area contributed by atoms with E-state index < -0.39 is 5.91 Å². The number of benzene rings is 2. The maximum Gasteiger partial charge on any atom is 0.261 e. The Morgan fingerprint density at radius 3 is 2.45 bits per heavy atom. The van der Waals surface area contributed by atoms with Gasteiger partial charge in [-0.25, -0.2) is 0 Å². The monoisotopic (exact) mass is 390 g/mol. The maximum atomic E-state index is 12.8. The molecule has 0 atom stereocenters. The number of carbonyl (C=O) groups is 3. The molecule has 146 valence electrons. The number of carbonyl (C=O) groups excluding carboxylic acids is 3. The molecule has 0 bridgehead atoms. The topological polar surface area (TPSA) is 93.5 Å². The lowest BCUT2D eigenvalue weighted by atomic mass is 10.1. The van der Waals surface area contributed by atoms with E-state index in [1.54, 1.807) is 49.3 Å². The predicted molar refractivity (Wildman–Crippen MR) is 105 cm³/mol. The summed E-state index contributed by atoms with van der Waals surface area (Å²) in [5.41, 5.74) is 2.15. The molecule has 1 aliphatic rings. The van der Waals surface area contributed by atoms with Gasteiger partial charge in [0.2, 0.25) is 0 Å². The number of hydrogen-bond donors (Lipinski definition) is 1. The first-order valence-corrected chi connectivity index (χ1v) is 8.89. The lowest BCUT2D eigenvalue weighted by Crippen LogP contribution is -2.29. The second-order valence-electron chi connectivity index (χ2n) is 6.66. The smallest absolute Gasteiger partial charge is 0.261 e. The SMILES string of the molecule is COc1ccc(CN2C(=O)c3ccc(C(=O)Nc4cnn(C)c4)cc3C2=O)cc1. The van der Waals surface area contributed by atoms with Crippen molar-refractivity contribution in [2.75, 3.05) is 12.4 Å². The summed E-state index contributed by atoms with van der Waals surface area (Å²) in [6, 6.07) is 11.6. The molecule has 0 saturated carbocycles. The zero-order chi connectivity index (χ0) is 20.5. The molecule has 3 aromatic rings. The van der Waals surface area contributed by atoms with Crippen molar-refractivity contribution >= 4 is 23.4 Å². The zero-order valence-electron chi connectivity index (χ0n) is 15.9. The van der Waals surface area contributed by atoms with Crippen LogP contribution in [0.1, 0.15) is 36.6 Å². The van der Waals surface area contributed by atoms with Crippen molar-refractivity contribution in [3.05, 3.63) is 77.1 Å². The molecular formula is C21H18N4O4. The minimum atomic E-state index is -0.420. The highest BCUT2D eigenvalue weighted by atomic mass is 16.5. The van der Waals surface area contributed by atoms with Gasteiger partial charge in [-0.3, -0.25) is 24.0 Å². The van der Waals surface area contributed by atoms with Crippen LogP contribution in [-0.2, 0) is 13.6 Å². The lowest BCUT2D eigenvalue weighted by molar-refractivity contribution is 0.0642. The fourth-order valence-corrected chi connectivity index (χ4v) is 3.18. The third kappa shape index (κ3) is 3.47. The van der Waals surface area contributed by atoms with Crippen molar-refractivity contribution in [1.82, 2.24) is 14.7 Å². The number of anilines is 1. The third-order valence-electron chi connectivity index (χ3n) is 4.70. The second-order valence-corrected chi connectivity index (χ2v) is 6.66. The Morgan fingerprint density at radius 2 is 1.79 bits per heavy atom. The average molecular weight is 390 g/mol. The van der Waals surface area contributed by atoms with Gasteiger partial charge >= 0.3 is 0 Å². The van der Waals surface area contributed by atoms with Crippen molar-refractivity contribution in [3.63, 3.8) is 0 Å². The Balaban J connectivity index is 1.54. The number of nitrogens with one attached hydrogen (secondary N) is 1. The minimum absolute atomic E-state index is 0.146. The number of ether oxygens (including phenoxy) is 1. The van der Waals surface area contributed by atoms with Crippen LogP contribution in [-0.4, -0.2) is 39.5 Å². The van der Waals surface area contributed by atoms with Gasteiger partial charge in [-0.1, -0.05) is 12.1 Å². The van der Waals surface area contributed by atoms with E-state index in [1.807, 2.05) is 0 Å². The molecule has 2 aromatic carbocycles. The highest BCUT2D eigenvalue weighted by Crippen LogP contribution is 2.26. The molecule has 0 fully saturated rings. The Labute approximate surface area is 166 Å². The van der Waals surface area contributed by atoms with Crippen LogP contribution in [0.3, 0.4) is 0 Å². The Kier molecular flexibility index (Phi) is 4.59. The van der Waals surface area contributed by atoms with Gasteiger partial charge in [-0.15, -0.1) is 0 Å². The van der Waals surface area contributed by atoms with Gasteiger partial charge < -0.3 is 10.1 Å². The molecular weight excluding hydrogens is 372 g/mol. The first-order valence-electron chi connectivity index (χ1n) is 8.89. The molecule has 0 unspecified atom stereocenters. The molecule has 4 rings (SSSR count). The van der Waals surface area contributed by atoms with Crippen LogP contribution < -0.4 is 10.1 Å². The van der Waals surface area contributed by atoms with Crippen LogP contribution in [0.5, 0.6) is 5.75 Å². The Hall–Kier alpha value is -3.94. The zero-order valence-corrected chi connectivity index (χ0v) is 15.9. The van der Waals surface area contributed by atoms with Gasteiger partial charge in [0.1, 0.15) is 5.75 Å². The number of nitrogens with zero attached hydrogens (tertiary/aromatic N) is 3. The van der Waals surface area contributed by atoms with Crippen molar-refractivity contribution in [3.8, 4) is 5.75 Å². The summed E-state index contributed by atoms with van der Waals surface area (Å²) in [5, 5.41) is 6.71. The van der Waals surface area contributed by atoms with E-state index >= 15 is 0 Å². The molecule has 0 saturated heterocycles. The Bertz CT molecular complexity index is 1120. The fraction of sp³-hybridized carbons (Fsp3) is 0.143. The summed E-state index contributed by atoms with van der Waals surface area (Å²) in [7, 11) is 3.31. The Morgan fingerprint density at radius 1 is 1.07 bits per heavy atom. The number of methoxy groups -OCH3 is 1. The summed E-state index contributed by atoms with van der Waals surface area (Å²) in [6.45, 7) is 0.146. The molecule has 2 heterocycles. The van der Waals surface area contributed by atoms with Crippen LogP contribution in [0.2, 0.25) is 0 Å². The maximum absolute atomic E-state index is 12.8. The summed E-state index contributed by atoms with van der Waals surface area (Å²) >= 11 is 0. The van der Waals surface area contributed by atoms with E-state index in [-0.39, 0.29) is 23.9 Å². The highest BCUT2D eigenvalue weighted by Gasteiger charge is 2.36. The van der Waals surface area contributed by atoms with Gasteiger partial charge in [0.25, 0.3) is 17.7 Å². The molecule has 8 heteroatoms. The number of amides is 3. The lowest BCUT2D eigenvalue weighted by Gasteiger charge is -2.14. The number of hydrogen-bond acceptors (Lipinski definition) is 5. The first kappa shape index (κ1) is 18.4. The molecule has 1 aliphatic heterocycles. The molecule has 0 aliphatic carbocycles. The number of rotatable bonds is 5. The molecule has 0 radical (unpaired) electrons. The number of imide groups is 1. The van der Waals surface area contributed by atoms with E-state index in [4.69, 9.17) is 4.74 Å². The molecule has 0 spiro atoms. The van der Waals surface area contributed by atoms with Gasteiger partial charge in [-0.05, 0) is 35.9 Å². The van der Waals surface area contributed by atoms with Crippen LogP contribution in [0.4, 0.5) is 5.69 Å². The molecule has 1 N–H and O–H groups in total. The van der Waals surface area contributed by atoms with Gasteiger partial charge in [0.05, 0.1) is 36.7 Å². The van der Waals surface area contributed by atoms with Crippen molar-refractivity contribution in [1.29, 1.82) is 0 Å². The minimum Gasteiger partial charge on any atom is -0.497 e. The van der Waals surface area contributed by atoms with Crippen LogP contribution in [0.25, 0.3) is 0 Å². The summed E-state index contributed by atoms with van der Waals surface area (Å²) in [6.07, 6.45) is 3.19. The molecule has 29 heavy (non-hydrogen) atoms. The number of aryl methyl sites for hydroxylation is 1. The van der Waals surface area contributed by atoms with Crippen molar-refractivity contribution in [2.24, 2.45) is 7.05 Å². The molecule has 1 aromatic heterocycles. The van der Waals surface area contributed by atoms with E-state index in [1.165, 1.54) is 29.3 Å². The van der Waals surface area contributed by atoms with Crippen LogP contribution >= 0.6 is 0 Å². The third-order valence-corrected chi connectivity index (χ3v) is 4.70. The second kappa shape index (κ2) is 7.23. The van der Waals surface area contributed by atoms with Crippen LogP contribution in [0, 0.1) is 0 Å². The largest absolute Gasteiger partial charge is 0.497 e. The summed E-state index contributed by atoms with van der Waals surface area (Å²) in [4.78, 5) is 39.1. The summed E-state index contributed by atoms with van der Waals surface area (Å²) in [5.74, 6) is -0.480. The van der Waals surface area contributed by atoms with Crippen molar-refractivity contribution < 1.29 is 19.1 Å². The first-order chi connectivity index (χ1) is 14.0. The van der Waals surface area contributed by atoms with E-state index in [9.17, 15) is 14.4 Å². The normalized spacial score (nSPS) is 12.8. The standard InChI is InChI=1S/C21H18N4O4/c1-24-12-15(10-22-24)23-19(26)14-5-8-17-18(9-14)21(28)25(20(17)27)11-13-3-6-16(29-2)7-4-13/h3-10,12H,11H2,1-2H3,(H,23,26). The predicted octanol–water partition coefficient (Wildman–Crippen LogP) is 2.48. The fourth-order valence-electron chi connectivity index (χ4n) is 3.18. The number of aromatic nitrogens is 2. The van der Waals surface area contributed by atoms with Gasteiger partial charge in [0.15, 0.2) is 0 Å². The van der Waals surface area contributed by atoms with Crippen molar-refractivity contribution in [2.45, 2.75) is 6.54 Å². The number of fused-ring (bicyclic) bond motifs is 1. The van der Waals surface area contributed by atoms with Crippen LogP contribution in [0.15, 0.2) is 54.9 Å². The molecule has 3 amide bonds. The van der Waals surface area contributed by atoms with E-state index in [0.29, 0.717) is 22.6 Å². The van der Waals surface area contributed by atoms with E-state index in [2.05, 4.69) is 10.4 Å². The highest BCUT2D eigenvalue weighted by molar-refractivity contribution is 6.22. The van der Waals surface area contributed by atoms with Gasteiger partial charge in [-0.2, -0.15) is 5.10 Å². The van der Waals surface area contributed by atoms with E-state index in [0.717, 1.165) is 5.56 Å².